The monoisotopic (exact) mass is 295 g/mol. The lowest BCUT2D eigenvalue weighted by atomic mass is 10.2. The first-order valence-electron chi connectivity index (χ1n) is 6.85. The molecule has 0 aromatic carbocycles. The van der Waals surface area contributed by atoms with Crippen LogP contribution >= 0.6 is 11.3 Å². The van der Waals surface area contributed by atoms with Gasteiger partial charge in [-0.15, -0.1) is 11.3 Å². The molecule has 0 bridgehead atoms. The number of ether oxygens (including phenoxy) is 2. The maximum atomic E-state index is 5.53. The molecule has 0 radical (unpaired) electrons. The number of hydrogen-bond donors (Lipinski definition) is 1. The van der Waals surface area contributed by atoms with Crippen LogP contribution in [0.4, 0.5) is 5.82 Å². The number of thiophene rings is 1. The predicted octanol–water partition coefficient (Wildman–Crippen LogP) is 3.12. The van der Waals surface area contributed by atoms with Crippen molar-refractivity contribution in [3.8, 4) is 0 Å². The minimum atomic E-state index is -0.255. The second kappa shape index (κ2) is 6.97. The van der Waals surface area contributed by atoms with Crippen molar-refractivity contribution in [3.63, 3.8) is 0 Å². The number of nitrogens with zero attached hydrogens (tertiary/aromatic N) is 2. The Hall–Kier alpha value is -1.24. The van der Waals surface area contributed by atoms with Gasteiger partial charge < -0.3 is 14.8 Å². The molecule has 2 heterocycles. The van der Waals surface area contributed by atoms with E-state index in [0.717, 1.165) is 16.0 Å². The lowest BCUT2D eigenvalue weighted by Crippen LogP contribution is -2.26. The third-order valence-corrected chi connectivity index (χ3v) is 4.22. The topological polar surface area (TPSA) is 56.3 Å². The maximum Gasteiger partial charge on any atom is 0.174 e. The molecule has 2 aromatic heterocycles. The number of anilines is 1. The first kappa shape index (κ1) is 15.2. The van der Waals surface area contributed by atoms with Crippen LogP contribution in [0, 0.1) is 13.8 Å². The van der Waals surface area contributed by atoms with Crippen LogP contribution in [-0.4, -0.2) is 36.0 Å². The van der Waals surface area contributed by atoms with Gasteiger partial charge in [-0.3, -0.25) is 0 Å². The third-order valence-electron chi connectivity index (χ3n) is 3.11. The molecular formula is C14H21N3O2S. The molecule has 0 amide bonds. The first-order chi connectivity index (χ1) is 9.67. The average molecular weight is 295 g/mol. The Kier molecular flexibility index (Phi) is 5.28. The van der Waals surface area contributed by atoms with Gasteiger partial charge >= 0.3 is 0 Å². The third kappa shape index (κ3) is 3.26. The molecule has 0 aliphatic heterocycles. The summed E-state index contributed by atoms with van der Waals surface area (Å²) in [6.45, 7) is 9.95. The van der Waals surface area contributed by atoms with E-state index in [-0.39, 0.29) is 6.29 Å². The van der Waals surface area contributed by atoms with E-state index in [2.05, 4.69) is 29.1 Å². The zero-order chi connectivity index (χ0) is 14.5. The maximum absolute atomic E-state index is 5.53. The molecule has 5 nitrogen and oxygen atoms in total. The van der Waals surface area contributed by atoms with E-state index in [0.29, 0.717) is 19.8 Å². The summed E-state index contributed by atoms with van der Waals surface area (Å²) < 4.78 is 11.1. The van der Waals surface area contributed by atoms with Crippen molar-refractivity contribution >= 4 is 27.4 Å². The highest BCUT2D eigenvalue weighted by molar-refractivity contribution is 7.18. The van der Waals surface area contributed by atoms with Crippen molar-refractivity contribution in [2.45, 2.75) is 34.0 Å². The molecule has 2 rings (SSSR count). The minimum Gasteiger partial charge on any atom is -0.364 e. The zero-order valence-electron chi connectivity index (χ0n) is 12.4. The summed E-state index contributed by atoms with van der Waals surface area (Å²) in [5.74, 6) is 0.848. The fraction of sp³-hybridized carbons (Fsp3) is 0.571. The Morgan fingerprint density at radius 2 is 1.90 bits per heavy atom. The van der Waals surface area contributed by atoms with Crippen molar-refractivity contribution in [1.82, 2.24) is 9.97 Å². The van der Waals surface area contributed by atoms with Gasteiger partial charge in [0.1, 0.15) is 17.0 Å². The molecule has 0 saturated heterocycles. The highest BCUT2D eigenvalue weighted by Crippen LogP contribution is 2.32. The van der Waals surface area contributed by atoms with Crippen LogP contribution in [0.3, 0.4) is 0 Å². The second-order valence-corrected chi connectivity index (χ2v) is 5.61. The highest BCUT2D eigenvalue weighted by Gasteiger charge is 2.13. The smallest absolute Gasteiger partial charge is 0.174 e. The van der Waals surface area contributed by atoms with Crippen LogP contribution in [0.2, 0.25) is 0 Å². The Bertz CT molecular complexity index is 565. The molecule has 110 valence electrons. The largest absolute Gasteiger partial charge is 0.364 e. The number of aromatic nitrogens is 2. The summed E-state index contributed by atoms with van der Waals surface area (Å²) in [6, 6.07) is 0. The Morgan fingerprint density at radius 3 is 2.55 bits per heavy atom. The van der Waals surface area contributed by atoms with Gasteiger partial charge in [0.25, 0.3) is 0 Å². The molecular weight excluding hydrogens is 274 g/mol. The molecule has 0 atom stereocenters. The van der Waals surface area contributed by atoms with E-state index in [9.17, 15) is 0 Å². The molecule has 0 aliphatic carbocycles. The number of hydrogen-bond acceptors (Lipinski definition) is 6. The van der Waals surface area contributed by atoms with E-state index in [1.54, 1.807) is 17.7 Å². The van der Waals surface area contributed by atoms with Crippen LogP contribution < -0.4 is 5.32 Å². The van der Waals surface area contributed by atoms with E-state index < -0.39 is 0 Å². The second-order valence-electron chi connectivity index (χ2n) is 4.41. The van der Waals surface area contributed by atoms with Gasteiger partial charge in [-0.2, -0.15) is 0 Å². The van der Waals surface area contributed by atoms with Crippen LogP contribution in [-0.2, 0) is 9.47 Å². The van der Waals surface area contributed by atoms with Gasteiger partial charge in [0.15, 0.2) is 6.29 Å². The van der Waals surface area contributed by atoms with Crippen LogP contribution in [0.5, 0.6) is 0 Å². The van der Waals surface area contributed by atoms with Gasteiger partial charge in [0.05, 0.1) is 11.9 Å². The van der Waals surface area contributed by atoms with Crippen molar-refractivity contribution in [2.75, 3.05) is 25.1 Å². The quantitative estimate of drug-likeness (QED) is 0.795. The van der Waals surface area contributed by atoms with Gasteiger partial charge in [-0.25, -0.2) is 9.97 Å². The van der Waals surface area contributed by atoms with E-state index in [1.807, 2.05) is 13.8 Å². The fourth-order valence-electron chi connectivity index (χ4n) is 2.03. The van der Waals surface area contributed by atoms with Gasteiger partial charge in [-0.05, 0) is 33.3 Å². The van der Waals surface area contributed by atoms with Gasteiger partial charge in [0, 0.05) is 18.1 Å². The minimum absolute atomic E-state index is 0.255. The van der Waals surface area contributed by atoms with E-state index in [4.69, 9.17) is 9.47 Å². The lowest BCUT2D eigenvalue weighted by molar-refractivity contribution is -0.126. The summed E-state index contributed by atoms with van der Waals surface area (Å²) in [6.07, 6.45) is 1.34. The molecule has 20 heavy (non-hydrogen) atoms. The first-order valence-corrected chi connectivity index (χ1v) is 7.66. The Morgan fingerprint density at radius 1 is 1.20 bits per heavy atom. The number of nitrogens with one attached hydrogen (secondary N) is 1. The molecule has 2 aromatic rings. The van der Waals surface area contributed by atoms with Crippen LogP contribution in [0.15, 0.2) is 6.33 Å². The predicted molar refractivity (Wildman–Crippen MR) is 82.4 cm³/mol. The van der Waals surface area contributed by atoms with E-state index >= 15 is 0 Å². The summed E-state index contributed by atoms with van der Waals surface area (Å²) >= 11 is 1.69. The Balaban J connectivity index is 2.16. The highest BCUT2D eigenvalue weighted by atomic mass is 32.1. The zero-order valence-corrected chi connectivity index (χ0v) is 13.2. The van der Waals surface area contributed by atoms with Gasteiger partial charge in [0.2, 0.25) is 0 Å². The molecule has 0 unspecified atom stereocenters. The number of aryl methyl sites for hydroxylation is 2. The SMILES string of the molecule is CCOC(CNc1ncnc2sc(C)c(C)c12)OCC. The summed E-state index contributed by atoms with van der Waals surface area (Å²) in [5, 5.41) is 4.42. The van der Waals surface area contributed by atoms with Crippen molar-refractivity contribution in [1.29, 1.82) is 0 Å². The van der Waals surface area contributed by atoms with Crippen molar-refractivity contribution in [2.24, 2.45) is 0 Å². The fourth-order valence-corrected chi connectivity index (χ4v) is 3.03. The van der Waals surface area contributed by atoms with Crippen LogP contribution in [0.25, 0.3) is 10.2 Å². The molecule has 0 fully saturated rings. The molecule has 0 saturated carbocycles. The molecule has 6 heteroatoms. The molecule has 0 aliphatic rings. The van der Waals surface area contributed by atoms with Crippen molar-refractivity contribution < 1.29 is 9.47 Å². The average Bonchev–Trinajstić information content (AvgIpc) is 2.73. The summed E-state index contributed by atoms with van der Waals surface area (Å²) in [5.41, 5.74) is 1.23. The summed E-state index contributed by atoms with van der Waals surface area (Å²) in [7, 11) is 0. The van der Waals surface area contributed by atoms with E-state index in [1.165, 1.54) is 10.4 Å². The normalized spacial score (nSPS) is 11.4. The number of fused-ring (bicyclic) bond motifs is 1. The summed E-state index contributed by atoms with van der Waals surface area (Å²) in [4.78, 5) is 11.0. The molecule has 0 spiro atoms. The van der Waals surface area contributed by atoms with Crippen LogP contribution in [0.1, 0.15) is 24.3 Å². The van der Waals surface area contributed by atoms with Crippen molar-refractivity contribution in [3.05, 3.63) is 16.8 Å². The standard InChI is InChI=1S/C14H21N3O2S/c1-5-18-11(19-6-2)7-15-13-12-9(3)10(4)20-14(12)17-8-16-13/h8,11H,5-7H2,1-4H3,(H,15,16,17). The van der Waals surface area contributed by atoms with Gasteiger partial charge in [-0.1, -0.05) is 0 Å². The molecule has 1 N–H and O–H groups in total. The number of rotatable bonds is 7. The lowest BCUT2D eigenvalue weighted by Gasteiger charge is -2.18. The Labute approximate surface area is 123 Å².